The SMILES string of the molecule is NCNCCc1ccc(F)c(Cl)c1. The Morgan fingerprint density at radius 1 is 1.46 bits per heavy atom. The molecular weight excluding hydrogens is 191 g/mol. The standard InChI is InChI=1S/C9H12ClFN2/c10-8-5-7(1-2-9(8)11)3-4-13-6-12/h1-2,5,13H,3-4,6,12H2. The van der Waals surface area contributed by atoms with Crippen molar-refractivity contribution >= 4 is 11.6 Å². The van der Waals surface area contributed by atoms with Crippen LogP contribution in [0.1, 0.15) is 5.56 Å². The quantitative estimate of drug-likeness (QED) is 0.574. The number of rotatable bonds is 4. The van der Waals surface area contributed by atoms with Crippen LogP contribution in [0.25, 0.3) is 0 Å². The first-order valence-electron chi connectivity index (χ1n) is 4.08. The fourth-order valence-corrected chi connectivity index (χ4v) is 1.23. The molecule has 0 aromatic heterocycles. The highest BCUT2D eigenvalue weighted by molar-refractivity contribution is 6.30. The minimum Gasteiger partial charge on any atom is -0.318 e. The molecule has 0 aliphatic heterocycles. The Morgan fingerprint density at radius 3 is 2.85 bits per heavy atom. The second kappa shape index (κ2) is 5.17. The van der Waals surface area contributed by atoms with Crippen molar-refractivity contribution < 1.29 is 4.39 Å². The van der Waals surface area contributed by atoms with Gasteiger partial charge in [-0.2, -0.15) is 0 Å². The summed E-state index contributed by atoms with van der Waals surface area (Å²) in [7, 11) is 0. The van der Waals surface area contributed by atoms with Crippen molar-refractivity contribution in [3.63, 3.8) is 0 Å². The summed E-state index contributed by atoms with van der Waals surface area (Å²) in [6.45, 7) is 1.23. The lowest BCUT2D eigenvalue weighted by Gasteiger charge is -2.02. The average molecular weight is 203 g/mol. The van der Waals surface area contributed by atoms with E-state index in [-0.39, 0.29) is 10.8 Å². The van der Waals surface area contributed by atoms with E-state index in [1.807, 2.05) is 0 Å². The zero-order valence-electron chi connectivity index (χ0n) is 7.19. The summed E-state index contributed by atoms with van der Waals surface area (Å²) >= 11 is 5.61. The molecule has 0 heterocycles. The van der Waals surface area contributed by atoms with E-state index in [1.165, 1.54) is 6.07 Å². The highest BCUT2D eigenvalue weighted by atomic mass is 35.5. The molecule has 0 radical (unpaired) electrons. The van der Waals surface area contributed by atoms with Crippen LogP contribution in [0.2, 0.25) is 5.02 Å². The Hall–Kier alpha value is -0.640. The summed E-state index contributed by atoms with van der Waals surface area (Å²) in [6, 6.07) is 4.73. The van der Waals surface area contributed by atoms with Gasteiger partial charge in [-0.25, -0.2) is 4.39 Å². The number of halogens is 2. The molecule has 1 aromatic carbocycles. The fraction of sp³-hybridized carbons (Fsp3) is 0.333. The molecule has 0 spiro atoms. The first-order chi connectivity index (χ1) is 6.24. The van der Waals surface area contributed by atoms with Gasteiger partial charge in [0, 0.05) is 13.2 Å². The van der Waals surface area contributed by atoms with Crippen LogP contribution in [0.3, 0.4) is 0 Å². The maximum absolute atomic E-state index is 12.7. The van der Waals surface area contributed by atoms with Crippen molar-refractivity contribution in [1.82, 2.24) is 5.32 Å². The van der Waals surface area contributed by atoms with E-state index >= 15 is 0 Å². The van der Waals surface area contributed by atoms with E-state index in [0.717, 1.165) is 18.5 Å². The van der Waals surface area contributed by atoms with Gasteiger partial charge in [0.05, 0.1) is 5.02 Å². The summed E-state index contributed by atoms with van der Waals surface area (Å²) < 4.78 is 12.7. The Morgan fingerprint density at radius 2 is 2.23 bits per heavy atom. The summed E-state index contributed by atoms with van der Waals surface area (Å²) in [4.78, 5) is 0. The van der Waals surface area contributed by atoms with Gasteiger partial charge < -0.3 is 11.1 Å². The van der Waals surface area contributed by atoms with Gasteiger partial charge in [0.25, 0.3) is 0 Å². The van der Waals surface area contributed by atoms with Crippen LogP contribution in [0, 0.1) is 5.82 Å². The average Bonchev–Trinajstić information content (AvgIpc) is 2.12. The second-order valence-electron chi connectivity index (χ2n) is 2.70. The predicted molar refractivity (Wildman–Crippen MR) is 52.2 cm³/mol. The van der Waals surface area contributed by atoms with Crippen LogP contribution < -0.4 is 11.1 Å². The molecule has 0 aliphatic rings. The minimum absolute atomic E-state index is 0.172. The lowest BCUT2D eigenvalue weighted by atomic mass is 10.1. The van der Waals surface area contributed by atoms with E-state index < -0.39 is 0 Å². The van der Waals surface area contributed by atoms with Crippen LogP contribution in [0.15, 0.2) is 18.2 Å². The molecule has 0 amide bonds. The normalized spacial score (nSPS) is 10.4. The molecular formula is C9H12ClFN2. The molecule has 0 fully saturated rings. The third-order valence-corrected chi connectivity index (χ3v) is 2.01. The van der Waals surface area contributed by atoms with Gasteiger partial charge in [0.2, 0.25) is 0 Å². The van der Waals surface area contributed by atoms with Crippen LogP contribution in [0.5, 0.6) is 0 Å². The number of hydrogen-bond donors (Lipinski definition) is 2. The lowest BCUT2D eigenvalue weighted by Crippen LogP contribution is -2.24. The predicted octanol–water partition coefficient (Wildman–Crippen LogP) is 1.53. The molecule has 0 aliphatic carbocycles. The molecule has 2 nitrogen and oxygen atoms in total. The Bertz CT molecular complexity index is 278. The molecule has 0 saturated heterocycles. The topological polar surface area (TPSA) is 38.0 Å². The third kappa shape index (κ3) is 3.30. The fourth-order valence-electron chi connectivity index (χ4n) is 1.03. The molecule has 4 heteroatoms. The molecule has 0 unspecified atom stereocenters. The zero-order chi connectivity index (χ0) is 9.68. The van der Waals surface area contributed by atoms with E-state index in [1.54, 1.807) is 12.1 Å². The van der Waals surface area contributed by atoms with Gasteiger partial charge in [0.1, 0.15) is 5.82 Å². The number of hydrogen-bond acceptors (Lipinski definition) is 2. The number of nitrogens with two attached hydrogens (primary N) is 1. The van der Waals surface area contributed by atoms with Crippen molar-refractivity contribution in [1.29, 1.82) is 0 Å². The molecule has 72 valence electrons. The van der Waals surface area contributed by atoms with Gasteiger partial charge in [-0.3, -0.25) is 0 Å². The summed E-state index contributed by atoms with van der Waals surface area (Å²) in [5.41, 5.74) is 6.26. The zero-order valence-corrected chi connectivity index (χ0v) is 7.94. The maximum atomic E-state index is 12.7. The summed E-state index contributed by atoms with van der Waals surface area (Å²) in [6.07, 6.45) is 0.803. The molecule has 0 atom stereocenters. The second-order valence-corrected chi connectivity index (χ2v) is 3.11. The molecule has 1 rings (SSSR count). The van der Waals surface area contributed by atoms with Crippen LogP contribution in [-0.4, -0.2) is 13.2 Å². The highest BCUT2D eigenvalue weighted by Gasteiger charge is 1.99. The molecule has 3 N–H and O–H groups in total. The monoisotopic (exact) mass is 202 g/mol. The van der Waals surface area contributed by atoms with Gasteiger partial charge >= 0.3 is 0 Å². The van der Waals surface area contributed by atoms with Crippen molar-refractivity contribution in [3.05, 3.63) is 34.6 Å². The van der Waals surface area contributed by atoms with Gasteiger partial charge in [0.15, 0.2) is 0 Å². The van der Waals surface area contributed by atoms with Crippen LogP contribution in [-0.2, 0) is 6.42 Å². The van der Waals surface area contributed by atoms with E-state index in [0.29, 0.717) is 6.67 Å². The summed E-state index contributed by atoms with van der Waals surface area (Å²) in [5, 5.41) is 3.14. The van der Waals surface area contributed by atoms with E-state index in [4.69, 9.17) is 17.3 Å². The van der Waals surface area contributed by atoms with Gasteiger partial charge in [-0.1, -0.05) is 17.7 Å². The van der Waals surface area contributed by atoms with Crippen molar-refractivity contribution in [3.8, 4) is 0 Å². The third-order valence-electron chi connectivity index (χ3n) is 1.72. The molecule has 0 saturated carbocycles. The number of benzene rings is 1. The Kier molecular flexibility index (Phi) is 4.15. The maximum Gasteiger partial charge on any atom is 0.141 e. The Balaban J connectivity index is 2.53. The number of nitrogens with one attached hydrogen (secondary N) is 1. The smallest absolute Gasteiger partial charge is 0.141 e. The first kappa shape index (κ1) is 10.4. The van der Waals surface area contributed by atoms with Crippen molar-refractivity contribution in [2.75, 3.05) is 13.2 Å². The largest absolute Gasteiger partial charge is 0.318 e. The summed E-state index contributed by atoms with van der Waals surface area (Å²) in [5.74, 6) is -0.378. The minimum atomic E-state index is -0.378. The highest BCUT2D eigenvalue weighted by Crippen LogP contribution is 2.15. The molecule has 0 bridgehead atoms. The van der Waals surface area contributed by atoms with Crippen LogP contribution >= 0.6 is 11.6 Å². The Labute approximate surface area is 81.9 Å². The van der Waals surface area contributed by atoms with Crippen LogP contribution in [0.4, 0.5) is 4.39 Å². The van der Waals surface area contributed by atoms with Gasteiger partial charge in [-0.15, -0.1) is 0 Å². The lowest BCUT2D eigenvalue weighted by molar-refractivity contribution is 0.626. The first-order valence-corrected chi connectivity index (χ1v) is 4.46. The van der Waals surface area contributed by atoms with Crippen molar-refractivity contribution in [2.45, 2.75) is 6.42 Å². The molecule has 1 aromatic rings. The van der Waals surface area contributed by atoms with E-state index in [2.05, 4.69) is 5.32 Å². The van der Waals surface area contributed by atoms with E-state index in [9.17, 15) is 4.39 Å². The molecule has 13 heavy (non-hydrogen) atoms. The van der Waals surface area contributed by atoms with Crippen molar-refractivity contribution in [2.24, 2.45) is 5.73 Å². The van der Waals surface area contributed by atoms with Gasteiger partial charge in [-0.05, 0) is 24.1 Å².